The minimum Gasteiger partial charge on any atom is -0.462 e. The van der Waals surface area contributed by atoms with Crippen molar-refractivity contribution in [2.75, 3.05) is 19.0 Å². The molecule has 1 aliphatic heterocycles. The topological polar surface area (TPSA) is 186 Å². The number of carbonyl (C=O) groups is 2. The normalized spacial score (nSPS) is 21.0. The molecule has 322 valence electrons. The van der Waals surface area contributed by atoms with Crippen molar-refractivity contribution in [3.63, 3.8) is 0 Å². The van der Waals surface area contributed by atoms with Crippen molar-refractivity contribution < 1.29 is 56.8 Å². The van der Waals surface area contributed by atoms with E-state index in [1.807, 2.05) is 0 Å². The number of hydrogen-bond donors (Lipinski definition) is 4. The van der Waals surface area contributed by atoms with Gasteiger partial charge in [-0.3, -0.25) is 14.1 Å². The van der Waals surface area contributed by atoms with E-state index >= 15 is 0 Å². The van der Waals surface area contributed by atoms with Gasteiger partial charge in [-0.15, -0.1) is 0 Å². The maximum absolute atomic E-state index is 12.8. The van der Waals surface area contributed by atoms with E-state index in [1.165, 1.54) is 70.6 Å². The lowest BCUT2D eigenvalue weighted by molar-refractivity contribution is -0.297. The highest BCUT2D eigenvalue weighted by atomic mass is 32.2. The quantitative estimate of drug-likeness (QED) is 0.0209. The van der Waals surface area contributed by atoms with Crippen LogP contribution in [0, 0.1) is 0 Å². The van der Waals surface area contributed by atoms with Gasteiger partial charge in [0.2, 0.25) is 0 Å². The van der Waals surface area contributed by atoms with Gasteiger partial charge in [-0.05, 0) is 57.8 Å². The van der Waals surface area contributed by atoms with Crippen molar-refractivity contribution >= 4 is 22.1 Å². The first-order chi connectivity index (χ1) is 26.5. The summed E-state index contributed by atoms with van der Waals surface area (Å²) in [5, 5.41) is 30.8. The molecule has 0 aliphatic carbocycles. The zero-order valence-electron chi connectivity index (χ0n) is 34.0. The predicted molar refractivity (Wildman–Crippen MR) is 215 cm³/mol. The van der Waals surface area contributed by atoms with Crippen molar-refractivity contribution in [2.24, 2.45) is 0 Å². The van der Waals surface area contributed by atoms with Crippen LogP contribution in [0.1, 0.15) is 174 Å². The van der Waals surface area contributed by atoms with Crippen LogP contribution < -0.4 is 0 Å². The molecule has 1 aliphatic rings. The molecular weight excluding hydrogens is 729 g/mol. The molecule has 55 heavy (non-hydrogen) atoms. The lowest BCUT2D eigenvalue weighted by Gasteiger charge is -2.40. The Bertz CT molecular complexity index is 1130. The second-order valence-corrected chi connectivity index (χ2v) is 16.5. The molecule has 1 rings (SSSR count). The highest BCUT2D eigenvalue weighted by Crippen LogP contribution is 2.24. The van der Waals surface area contributed by atoms with Crippen molar-refractivity contribution in [3.8, 4) is 0 Å². The summed E-state index contributed by atoms with van der Waals surface area (Å²) in [4.78, 5) is 25.3. The van der Waals surface area contributed by atoms with E-state index in [-0.39, 0.29) is 19.4 Å². The first-order valence-corrected chi connectivity index (χ1v) is 23.0. The highest BCUT2D eigenvalue weighted by molar-refractivity contribution is 7.85. The number of unbranched alkanes of at least 4 members (excludes halogenated alkanes) is 19. The smallest absolute Gasteiger partial charge is 0.306 e. The average molecular weight is 805 g/mol. The van der Waals surface area contributed by atoms with E-state index in [1.54, 1.807) is 0 Å². The Labute approximate surface area is 332 Å². The van der Waals surface area contributed by atoms with Crippen LogP contribution in [0.2, 0.25) is 0 Å². The van der Waals surface area contributed by atoms with Gasteiger partial charge in [0.05, 0.1) is 6.61 Å². The summed E-state index contributed by atoms with van der Waals surface area (Å²) in [5.41, 5.74) is 0. The summed E-state index contributed by atoms with van der Waals surface area (Å²) < 4.78 is 53.9. The molecule has 0 amide bonds. The van der Waals surface area contributed by atoms with Crippen LogP contribution >= 0.6 is 0 Å². The van der Waals surface area contributed by atoms with Gasteiger partial charge in [-0.1, -0.05) is 128 Å². The van der Waals surface area contributed by atoms with Crippen LogP contribution in [-0.4, -0.2) is 96.0 Å². The van der Waals surface area contributed by atoms with Gasteiger partial charge in [0.25, 0.3) is 10.1 Å². The summed E-state index contributed by atoms with van der Waals surface area (Å²) >= 11 is 0. The molecular formula is C42H76O12S. The van der Waals surface area contributed by atoms with E-state index in [4.69, 9.17) is 18.9 Å². The van der Waals surface area contributed by atoms with E-state index in [0.29, 0.717) is 12.8 Å². The highest BCUT2D eigenvalue weighted by Gasteiger charge is 2.46. The van der Waals surface area contributed by atoms with Gasteiger partial charge in [0, 0.05) is 12.8 Å². The third-order valence-electron chi connectivity index (χ3n) is 9.75. The molecule has 12 nitrogen and oxygen atoms in total. The monoisotopic (exact) mass is 805 g/mol. The zero-order chi connectivity index (χ0) is 40.6. The van der Waals surface area contributed by atoms with Crippen LogP contribution in [-0.2, 0) is 38.7 Å². The molecule has 1 saturated heterocycles. The van der Waals surface area contributed by atoms with Crippen LogP contribution in [0.25, 0.3) is 0 Å². The SMILES string of the molecule is CCCC/C=C/CCCCCCCCCCCC(=O)O[C@H](COC(=O)CCCCCCC/C=C/CCCCC)CO[C@H]1O[C@H](CS(=O)(=O)O)[C@@H](O)C(O)C1O. The lowest BCUT2D eigenvalue weighted by Crippen LogP contribution is -2.60. The summed E-state index contributed by atoms with van der Waals surface area (Å²) in [5.74, 6) is -1.99. The summed E-state index contributed by atoms with van der Waals surface area (Å²) in [6, 6.07) is 0. The molecule has 0 aromatic carbocycles. The maximum atomic E-state index is 12.8. The fourth-order valence-electron chi connectivity index (χ4n) is 6.36. The molecule has 0 bridgehead atoms. The first kappa shape index (κ1) is 51.1. The van der Waals surface area contributed by atoms with Gasteiger partial charge in [-0.25, -0.2) is 0 Å². The molecule has 0 aromatic heterocycles. The number of aliphatic hydroxyl groups is 3. The predicted octanol–water partition coefficient (Wildman–Crippen LogP) is 8.06. The molecule has 0 radical (unpaired) electrons. The molecule has 0 saturated carbocycles. The van der Waals surface area contributed by atoms with Gasteiger partial charge >= 0.3 is 11.9 Å². The van der Waals surface area contributed by atoms with Crippen molar-refractivity contribution in [1.29, 1.82) is 0 Å². The lowest BCUT2D eigenvalue weighted by atomic mass is 10.00. The third kappa shape index (κ3) is 28.2. The second-order valence-electron chi connectivity index (χ2n) is 15.0. The van der Waals surface area contributed by atoms with Crippen molar-refractivity contribution in [2.45, 2.75) is 211 Å². The fourth-order valence-corrected chi connectivity index (χ4v) is 7.05. The average Bonchev–Trinajstić information content (AvgIpc) is 3.14. The maximum Gasteiger partial charge on any atom is 0.306 e. The van der Waals surface area contributed by atoms with Gasteiger partial charge in [0.15, 0.2) is 12.4 Å². The van der Waals surface area contributed by atoms with Crippen molar-refractivity contribution in [1.82, 2.24) is 0 Å². The van der Waals surface area contributed by atoms with E-state index in [0.717, 1.165) is 64.2 Å². The number of esters is 2. The first-order valence-electron chi connectivity index (χ1n) is 21.4. The van der Waals surface area contributed by atoms with Gasteiger partial charge < -0.3 is 34.3 Å². The number of allylic oxidation sites excluding steroid dienone is 4. The van der Waals surface area contributed by atoms with E-state index in [2.05, 4.69) is 38.2 Å². The third-order valence-corrected chi connectivity index (χ3v) is 10.5. The van der Waals surface area contributed by atoms with Crippen LogP contribution in [0.5, 0.6) is 0 Å². The minimum atomic E-state index is -4.60. The molecule has 1 heterocycles. The molecule has 0 aromatic rings. The number of aliphatic hydroxyl groups excluding tert-OH is 3. The summed E-state index contributed by atoms with van der Waals surface area (Å²) in [7, 11) is -4.60. The van der Waals surface area contributed by atoms with Crippen LogP contribution in [0.15, 0.2) is 24.3 Å². The summed E-state index contributed by atoms with van der Waals surface area (Å²) in [6.45, 7) is 3.68. The molecule has 4 N–H and O–H groups in total. The summed E-state index contributed by atoms with van der Waals surface area (Å²) in [6.07, 6.45) is 25.1. The number of rotatable bonds is 35. The fraction of sp³-hybridized carbons (Fsp3) is 0.857. The van der Waals surface area contributed by atoms with Crippen molar-refractivity contribution in [3.05, 3.63) is 24.3 Å². The largest absolute Gasteiger partial charge is 0.462 e. The zero-order valence-corrected chi connectivity index (χ0v) is 34.9. The molecule has 0 spiro atoms. The molecule has 1 fully saturated rings. The second kappa shape index (κ2) is 33.1. The standard InChI is InChI=1S/C42H76O12S/c1-3-5-7-9-11-13-15-17-18-19-21-23-25-27-29-31-38(44)53-35(33-52-42-41(47)40(46)39(45)36(54-42)34-55(48,49)50)32-51-37(43)30-28-26-24-22-20-16-14-12-10-8-6-4-2/h9,11-12,14,35-36,39-42,45-47H,3-8,10,13,15-34H2,1-2H3,(H,48,49,50)/b11-9+,14-12+/t35-,36-,39-,40?,41?,42+/m1/s1. The van der Waals surface area contributed by atoms with E-state index < -0.39 is 71.2 Å². The van der Waals surface area contributed by atoms with E-state index in [9.17, 15) is 37.9 Å². The number of carbonyl (C=O) groups excluding carboxylic acids is 2. The number of ether oxygens (including phenoxy) is 4. The molecule has 13 heteroatoms. The Hall–Kier alpha value is -1.87. The Balaban J connectivity index is 2.48. The van der Waals surface area contributed by atoms with Crippen LogP contribution in [0.4, 0.5) is 0 Å². The minimum absolute atomic E-state index is 0.161. The number of hydrogen-bond acceptors (Lipinski definition) is 11. The van der Waals surface area contributed by atoms with Gasteiger partial charge in [0.1, 0.15) is 36.8 Å². The molecule has 2 unspecified atom stereocenters. The Kier molecular flexibility index (Phi) is 30.8. The van der Waals surface area contributed by atoms with Crippen LogP contribution in [0.3, 0.4) is 0 Å². The molecule has 6 atom stereocenters. The Morgan fingerprint density at radius 3 is 1.56 bits per heavy atom. The van der Waals surface area contributed by atoms with Gasteiger partial charge in [-0.2, -0.15) is 8.42 Å². The Morgan fingerprint density at radius 2 is 1.05 bits per heavy atom. The Morgan fingerprint density at radius 1 is 0.600 bits per heavy atom.